The highest BCUT2D eigenvalue weighted by Gasteiger charge is 2.08. The maximum Gasteiger partial charge on any atom is 0.251 e. The van der Waals surface area contributed by atoms with Crippen LogP contribution < -0.4 is 10.6 Å². The van der Waals surface area contributed by atoms with Gasteiger partial charge in [0.1, 0.15) is 0 Å². The van der Waals surface area contributed by atoms with E-state index in [0.29, 0.717) is 28.6 Å². The smallest absolute Gasteiger partial charge is 0.251 e. The third-order valence-corrected chi connectivity index (χ3v) is 4.01. The van der Waals surface area contributed by atoms with E-state index in [1.807, 2.05) is 19.1 Å². The van der Waals surface area contributed by atoms with Crippen LogP contribution in [0.4, 0.5) is 0 Å². The van der Waals surface area contributed by atoms with Crippen LogP contribution in [-0.4, -0.2) is 24.9 Å². The van der Waals surface area contributed by atoms with Gasteiger partial charge in [0.25, 0.3) is 5.91 Å². The van der Waals surface area contributed by atoms with Gasteiger partial charge in [-0.3, -0.25) is 9.59 Å². The summed E-state index contributed by atoms with van der Waals surface area (Å²) in [6.07, 6.45) is 0.591. The summed E-state index contributed by atoms with van der Waals surface area (Å²) in [4.78, 5) is 23.7. The molecular formula is C18H18Cl2N2O2. The average Bonchev–Trinajstić information content (AvgIpc) is 2.54. The van der Waals surface area contributed by atoms with Crippen molar-refractivity contribution in [3.63, 3.8) is 0 Å². The fraction of sp³-hybridized carbons (Fsp3) is 0.222. The Kier molecular flexibility index (Phi) is 6.64. The molecule has 0 saturated heterocycles. The summed E-state index contributed by atoms with van der Waals surface area (Å²) in [6.45, 7) is 2.27. The van der Waals surface area contributed by atoms with Crippen LogP contribution in [0, 0.1) is 6.92 Å². The fourth-order valence-corrected chi connectivity index (χ4v) is 2.68. The van der Waals surface area contributed by atoms with E-state index >= 15 is 0 Å². The summed E-state index contributed by atoms with van der Waals surface area (Å²) in [5, 5.41) is 6.49. The minimum atomic E-state index is -0.269. The van der Waals surface area contributed by atoms with Crippen LogP contribution in [-0.2, 0) is 11.2 Å². The number of aryl methyl sites for hydroxylation is 1. The highest BCUT2D eigenvalue weighted by Crippen LogP contribution is 2.20. The molecule has 0 atom stereocenters. The molecule has 2 N–H and O–H groups in total. The van der Waals surface area contributed by atoms with Crippen molar-refractivity contribution in [1.29, 1.82) is 0 Å². The first-order valence-electron chi connectivity index (χ1n) is 7.51. The summed E-state index contributed by atoms with van der Waals surface area (Å²) in [6, 6.07) is 12.5. The number of nitrogens with one attached hydrogen (secondary N) is 2. The Labute approximate surface area is 151 Å². The van der Waals surface area contributed by atoms with E-state index in [9.17, 15) is 9.59 Å². The Morgan fingerprint density at radius 2 is 1.83 bits per heavy atom. The van der Waals surface area contributed by atoms with Gasteiger partial charge in [-0.25, -0.2) is 0 Å². The van der Waals surface area contributed by atoms with Gasteiger partial charge in [0.15, 0.2) is 0 Å². The van der Waals surface area contributed by atoms with Crippen LogP contribution in [0.3, 0.4) is 0 Å². The number of carbonyl (C=O) groups is 2. The highest BCUT2D eigenvalue weighted by molar-refractivity contribution is 6.35. The molecule has 0 radical (unpaired) electrons. The lowest BCUT2D eigenvalue weighted by Crippen LogP contribution is -2.37. The first-order chi connectivity index (χ1) is 11.5. The van der Waals surface area contributed by atoms with Gasteiger partial charge < -0.3 is 10.6 Å². The van der Waals surface area contributed by atoms with Gasteiger partial charge in [-0.15, -0.1) is 0 Å². The number of rotatable bonds is 6. The molecule has 24 heavy (non-hydrogen) atoms. The monoisotopic (exact) mass is 364 g/mol. The lowest BCUT2D eigenvalue weighted by molar-refractivity contribution is -0.120. The summed E-state index contributed by atoms with van der Waals surface area (Å²) in [5.41, 5.74) is 2.44. The molecule has 6 heteroatoms. The van der Waals surface area contributed by atoms with Gasteiger partial charge in [0.05, 0.1) is 6.54 Å². The zero-order chi connectivity index (χ0) is 17.5. The van der Waals surface area contributed by atoms with Crippen LogP contribution >= 0.6 is 23.2 Å². The van der Waals surface area contributed by atoms with Crippen LogP contribution in [0.25, 0.3) is 0 Å². The molecule has 2 amide bonds. The number of carbonyl (C=O) groups excluding carboxylic acids is 2. The highest BCUT2D eigenvalue weighted by atomic mass is 35.5. The van der Waals surface area contributed by atoms with Crippen LogP contribution in [0.2, 0.25) is 10.0 Å². The van der Waals surface area contributed by atoms with Gasteiger partial charge >= 0.3 is 0 Å². The largest absolute Gasteiger partial charge is 0.354 e. The Morgan fingerprint density at radius 3 is 2.54 bits per heavy atom. The lowest BCUT2D eigenvalue weighted by atomic mass is 10.1. The molecular weight excluding hydrogens is 347 g/mol. The van der Waals surface area contributed by atoms with Crippen molar-refractivity contribution in [2.75, 3.05) is 13.1 Å². The van der Waals surface area contributed by atoms with Crippen molar-refractivity contribution >= 4 is 35.0 Å². The maximum absolute atomic E-state index is 12.0. The summed E-state index contributed by atoms with van der Waals surface area (Å²) >= 11 is 11.9. The number of amides is 2. The molecule has 4 nitrogen and oxygen atoms in total. The minimum Gasteiger partial charge on any atom is -0.354 e. The van der Waals surface area contributed by atoms with Crippen molar-refractivity contribution in [3.8, 4) is 0 Å². The predicted molar refractivity (Wildman–Crippen MR) is 96.7 cm³/mol. The van der Waals surface area contributed by atoms with Crippen LogP contribution in [0.1, 0.15) is 21.5 Å². The van der Waals surface area contributed by atoms with E-state index in [-0.39, 0.29) is 18.4 Å². The van der Waals surface area contributed by atoms with Gasteiger partial charge in [-0.2, -0.15) is 0 Å². The van der Waals surface area contributed by atoms with Gasteiger partial charge in [-0.1, -0.05) is 47.0 Å². The van der Waals surface area contributed by atoms with Gasteiger partial charge in [-0.05, 0) is 43.2 Å². The number of hydrogen-bond acceptors (Lipinski definition) is 2. The Morgan fingerprint density at radius 1 is 1.04 bits per heavy atom. The SMILES string of the molecule is Cc1cccc(C(=O)NCC(=O)NCCc2ccc(Cl)cc2Cl)c1. The Bertz CT molecular complexity index is 748. The first kappa shape index (κ1) is 18.3. The van der Waals surface area contributed by atoms with Crippen LogP contribution in [0.5, 0.6) is 0 Å². The summed E-state index contributed by atoms with van der Waals surface area (Å²) in [7, 11) is 0. The molecule has 2 rings (SSSR count). The zero-order valence-corrected chi connectivity index (χ0v) is 14.7. The molecule has 0 fully saturated rings. The topological polar surface area (TPSA) is 58.2 Å². The minimum absolute atomic E-state index is 0.0683. The molecule has 0 heterocycles. The molecule has 0 aliphatic rings. The van der Waals surface area contributed by atoms with E-state index in [1.54, 1.807) is 30.3 Å². The Balaban J connectivity index is 1.74. The van der Waals surface area contributed by atoms with E-state index in [2.05, 4.69) is 10.6 Å². The molecule has 2 aromatic carbocycles. The number of hydrogen-bond donors (Lipinski definition) is 2. The van der Waals surface area contributed by atoms with Crippen molar-refractivity contribution in [2.24, 2.45) is 0 Å². The fourth-order valence-electron chi connectivity index (χ4n) is 2.17. The molecule has 0 bridgehead atoms. The van der Waals surface area contributed by atoms with Crippen LogP contribution in [0.15, 0.2) is 42.5 Å². The third-order valence-electron chi connectivity index (χ3n) is 3.42. The summed E-state index contributed by atoms with van der Waals surface area (Å²) < 4.78 is 0. The molecule has 0 spiro atoms. The van der Waals surface area contributed by atoms with Crippen molar-refractivity contribution in [3.05, 3.63) is 69.2 Å². The maximum atomic E-state index is 12.0. The van der Waals surface area contributed by atoms with Gasteiger partial charge in [0, 0.05) is 22.2 Å². The molecule has 126 valence electrons. The van der Waals surface area contributed by atoms with E-state index < -0.39 is 0 Å². The second-order valence-corrected chi connectivity index (χ2v) is 6.23. The Hall–Kier alpha value is -2.04. The standard InChI is InChI=1S/C18H18Cl2N2O2/c1-12-3-2-4-14(9-12)18(24)22-11-17(23)21-8-7-13-5-6-15(19)10-16(13)20/h2-6,9-10H,7-8,11H2,1H3,(H,21,23)(H,22,24). The molecule has 0 aliphatic heterocycles. The predicted octanol–water partition coefficient (Wildman–Crippen LogP) is 3.39. The van der Waals surface area contributed by atoms with Crippen molar-refractivity contribution < 1.29 is 9.59 Å². The zero-order valence-electron chi connectivity index (χ0n) is 13.2. The van der Waals surface area contributed by atoms with Crippen molar-refractivity contribution in [1.82, 2.24) is 10.6 Å². The summed E-state index contributed by atoms with van der Waals surface area (Å²) in [5.74, 6) is -0.518. The normalized spacial score (nSPS) is 10.3. The second kappa shape index (κ2) is 8.71. The molecule has 2 aromatic rings. The van der Waals surface area contributed by atoms with E-state index in [4.69, 9.17) is 23.2 Å². The third kappa shape index (κ3) is 5.55. The van der Waals surface area contributed by atoms with Gasteiger partial charge in [0.2, 0.25) is 5.91 Å². The molecule has 0 aromatic heterocycles. The average molecular weight is 365 g/mol. The number of halogens is 2. The quantitative estimate of drug-likeness (QED) is 0.825. The van der Waals surface area contributed by atoms with E-state index in [1.165, 1.54) is 0 Å². The first-order valence-corrected chi connectivity index (χ1v) is 8.27. The van der Waals surface area contributed by atoms with Crippen molar-refractivity contribution in [2.45, 2.75) is 13.3 Å². The molecule has 0 unspecified atom stereocenters. The number of benzene rings is 2. The lowest BCUT2D eigenvalue weighted by Gasteiger charge is -2.08. The van der Waals surface area contributed by atoms with E-state index in [0.717, 1.165) is 11.1 Å². The molecule has 0 saturated carbocycles. The molecule has 0 aliphatic carbocycles. The second-order valence-electron chi connectivity index (χ2n) is 5.39.